The number of benzene rings is 1. The van der Waals surface area contributed by atoms with Crippen molar-refractivity contribution >= 4 is 0 Å². The lowest BCUT2D eigenvalue weighted by atomic mass is 9.72. The molecule has 28 heavy (non-hydrogen) atoms. The fourth-order valence-corrected chi connectivity index (χ4v) is 4.75. The van der Waals surface area contributed by atoms with Crippen molar-refractivity contribution in [3.63, 3.8) is 0 Å². The normalized spacial score (nSPS) is 27.9. The molecule has 3 rings (SSSR count). The van der Waals surface area contributed by atoms with Gasteiger partial charge in [-0.2, -0.15) is 4.39 Å². The number of hydrogen-bond acceptors (Lipinski definition) is 2. The molecule has 0 radical (unpaired) electrons. The van der Waals surface area contributed by atoms with E-state index in [1.165, 1.54) is 12.5 Å². The molecule has 154 valence electrons. The van der Waals surface area contributed by atoms with Crippen LogP contribution in [0, 0.1) is 23.5 Å². The molecule has 2 fully saturated rings. The van der Waals surface area contributed by atoms with Crippen LogP contribution in [0.5, 0.6) is 5.75 Å². The smallest absolute Gasteiger partial charge is 0.200 e. The molecule has 0 bridgehead atoms. The van der Waals surface area contributed by atoms with Crippen LogP contribution in [0.4, 0.5) is 8.78 Å². The molecule has 1 saturated carbocycles. The summed E-state index contributed by atoms with van der Waals surface area (Å²) in [5, 5.41) is 0. The molecule has 0 amide bonds. The Morgan fingerprint density at radius 3 is 2.36 bits per heavy atom. The molecule has 1 aliphatic heterocycles. The zero-order valence-corrected chi connectivity index (χ0v) is 16.7. The highest BCUT2D eigenvalue weighted by Crippen LogP contribution is 2.43. The van der Waals surface area contributed by atoms with Crippen molar-refractivity contribution in [3.05, 3.63) is 54.6 Å². The van der Waals surface area contributed by atoms with Crippen LogP contribution in [0.3, 0.4) is 0 Å². The third-order valence-electron chi connectivity index (χ3n) is 6.41. The molecule has 1 heterocycles. The largest absolute Gasteiger partial charge is 0.486 e. The lowest BCUT2D eigenvalue weighted by Gasteiger charge is -2.38. The standard InChI is InChI=1S/C24H32F2O2/c1-3-5-6-20-12-11-19(16-28-20)17-7-9-18(10-8-17)21-13-14-22(27-15-4-2)24(26)23(21)25/h3-4,13-14,17-20H,1-2,5-12,15-16H2. The first-order valence-electron chi connectivity index (χ1n) is 10.6. The molecule has 4 heteroatoms. The van der Waals surface area contributed by atoms with E-state index in [-0.39, 0.29) is 18.3 Å². The fraction of sp³-hybridized carbons (Fsp3) is 0.583. The van der Waals surface area contributed by atoms with Crippen molar-refractivity contribution in [2.24, 2.45) is 11.8 Å². The highest BCUT2D eigenvalue weighted by Gasteiger charge is 2.33. The Morgan fingerprint density at radius 1 is 0.964 bits per heavy atom. The van der Waals surface area contributed by atoms with Gasteiger partial charge in [0.2, 0.25) is 5.82 Å². The molecule has 1 aromatic rings. The van der Waals surface area contributed by atoms with Crippen LogP contribution in [-0.4, -0.2) is 19.3 Å². The minimum Gasteiger partial charge on any atom is -0.486 e. The topological polar surface area (TPSA) is 18.5 Å². The Labute approximate surface area is 167 Å². The van der Waals surface area contributed by atoms with Crippen molar-refractivity contribution in [1.82, 2.24) is 0 Å². The lowest BCUT2D eigenvalue weighted by molar-refractivity contribution is -0.0402. The Morgan fingerprint density at radius 2 is 1.71 bits per heavy atom. The number of halogens is 2. The molecular weight excluding hydrogens is 358 g/mol. The summed E-state index contributed by atoms with van der Waals surface area (Å²) in [6.07, 6.45) is 12.2. The molecule has 2 aliphatic rings. The number of ether oxygens (including phenoxy) is 2. The molecular formula is C24H32F2O2. The minimum atomic E-state index is -0.882. The first-order valence-corrected chi connectivity index (χ1v) is 10.6. The molecule has 1 saturated heterocycles. The van der Waals surface area contributed by atoms with Gasteiger partial charge in [-0.05, 0) is 80.8 Å². The molecule has 0 N–H and O–H groups in total. The Kier molecular flexibility index (Phi) is 7.66. The molecule has 2 unspecified atom stereocenters. The van der Waals surface area contributed by atoms with Crippen LogP contribution in [-0.2, 0) is 4.74 Å². The molecule has 2 atom stereocenters. The van der Waals surface area contributed by atoms with E-state index in [4.69, 9.17) is 9.47 Å². The van der Waals surface area contributed by atoms with Gasteiger partial charge in [0, 0.05) is 0 Å². The zero-order valence-electron chi connectivity index (χ0n) is 16.7. The van der Waals surface area contributed by atoms with Crippen LogP contribution < -0.4 is 4.74 Å². The molecule has 2 nitrogen and oxygen atoms in total. The van der Waals surface area contributed by atoms with Crippen molar-refractivity contribution in [2.75, 3.05) is 13.2 Å². The van der Waals surface area contributed by atoms with Crippen LogP contribution in [0.2, 0.25) is 0 Å². The van der Waals surface area contributed by atoms with E-state index in [0.717, 1.165) is 51.6 Å². The van der Waals surface area contributed by atoms with Gasteiger partial charge >= 0.3 is 0 Å². The monoisotopic (exact) mass is 390 g/mol. The van der Waals surface area contributed by atoms with Gasteiger partial charge in [-0.1, -0.05) is 24.8 Å². The lowest BCUT2D eigenvalue weighted by Crippen LogP contribution is -2.32. The number of allylic oxidation sites excluding steroid dienone is 1. The second-order valence-electron chi connectivity index (χ2n) is 8.15. The molecule has 0 spiro atoms. The van der Waals surface area contributed by atoms with E-state index in [2.05, 4.69) is 13.2 Å². The second-order valence-corrected chi connectivity index (χ2v) is 8.15. The van der Waals surface area contributed by atoms with Crippen LogP contribution in [0.15, 0.2) is 37.4 Å². The Balaban J connectivity index is 1.52. The first kappa shape index (κ1) is 21.0. The third-order valence-corrected chi connectivity index (χ3v) is 6.41. The minimum absolute atomic E-state index is 0.0415. The van der Waals surface area contributed by atoms with Crippen molar-refractivity contribution in [3.8, 4) is 5.75 Å². The van der Waals surface area contributed by atoms with Crippen LogP contribution >= 0.6 is 0 Å². The summed E-state index contributed by atoms with van der Waals surface area (Å²) in [5.41, 5.74) is 0.492. The summed E-state index contributed by atoms with van der Waals surface area (Å²) in [6, 6.07) is 3.23. The van der Waals surface area contributed by atoms with E-state index >= 15 is 0 Å². The predicted octanol–water partition coefficient (Wildman–Crippen LogP) is 6.56. The summed E-state index contributed by atoms with van der Waals surface area (Å²) in [6.45, 7) is 8.31. The zero-order chi connectivity index (χ0) is 19.9. The van der Waals surface area contributed by atoms with Gasteiger partial charge in [0.1, 0.15) is 6.61 Å². The van der Waals surface area contributed by atoms with E-state index < -0.39 is 11.6 Å². The van der Waals surface area contributed by atoms with Crippen molar-refractivity contribution in [1.29, 1.82) is 0 Å². The summed E-state index contributed by atoms with van der Waals surface area (Å²) in [5.74, 6) is -0.343. The van der Waals surface area contributed by atoms with Crippen LogP contribution in [0.25, 0.3) is 0 Å². The molecule has 0 aromatic heterocycles. The summed E-state index contributed by atoms with van der Waals surface area (Å²) in [4.78, 5) is 0. The SMILES string of the molecule is C=CCCC1CCC(C2CCC(c3ccc(OCC=C)c(F)c3F)CC2)CO1. The van der Waals surface area contributed by atoms with E-state index in [9.17, 15) is 8.78 Å². The predicted molar refractivity (Wildman–Crippen MR) is 109 cm³/mol. The molecule has 1 aliphatic carbocycles. The van der Waals surface area contributed by atoms with Gasteiger partial charge < -0.3 is 9.47 Å². The van der Waals surface area contributed by atoms with Gasteiger partial charge in [-0.15, -0.1) is 6.58 Å². The Bertz CT molecular complexity index is 657. The van der Waals surface area contributed by atoms with Crippen molar-refractivity contribution in [2.45, 2.75) is 63.4 Å². The second kappa shape index (κ2) is 10.2. The average molecular weight is 391 g/mol. The maximum Gasteiger partial charge on any atom is 0.200 e. The van der Waals surface area contributed by atoms with Gasteiger partial charge in [0.25, 0.3) is 0 Å². The van der Waals surface area contributed by atoms with E-state index in [1.807, 2.05) is 6.08 Å². The quantitative estimate of drug-likeness (QED) is 0.468. The maximum absolute atomic E-state index is 14.6. The van der Waals surface area contributed by atoms with Crippen molar-refractivity contribution < 1.29 is 18.3 Å². The van der Waals surface area contributed by atoms with Gasteiger partial charge in [-0.3, -0.25) is 0 Å². The van der Waals surface area contributed by atoms with E-state index in [1.54, 1.807) is 12.1 Å². The van der Waals surface area contributed by atoms with Gasteiger partial charge in [0.15, 0.2) is 11.6 Å². The highest BCUT2D eigenvalue weighted by molar-refractivity contribution is 5.33. The maximum atomic E-state index is 14.6. The number of rotatable bonds is 8. The molecule has 1 aromatic carbocycles. The summed E-state index contributed by atoms with van der Waals surface area (Å²) >= 11 is 0. The van der Waals surface area contributed by atoms with Gasteiger partial charge in [0.05, 0.1) is 12.7 Å². The van der Waals surface area contributed by atoms with Crippen LogP contribution in [0.1, 0.15) is 62.8 Å². The summed E-state index contributed by atoms with van der Waals surface area (Å²) in [7, 11) is 0. The van der Waals surface area contributed by atoms with E-state index in [0.29, 0.717) is 23.5 Å². The Hall–Kier alpha value is -1.68. The van der Waals surface area contributed by atoms with Gasteiger partial charge in [-0.25, -0.2) is 4.39 Å². The average Bonchev–Trinajstić information content (AvgIpc) is 2.74. The first-order chi connectivity index (χ1) is 13.6. The highest BCUT2D eigenvalue weighted by atomic mass is 19.2. The summed E-state index contributed by atoms with van der Waals surface area (Å²) < 4.78 is 40.1. The fourth-order valence-electron chi connectivity index (χ4n) is 4.75. The number of hydrogen-bond donors (Lipinski definition) is 0. The third kappa shape index (κ3) is 5.02.